The molecule has 0 radical (unpaired) electrons. The number of anilines is 1. The number of hydrogen-bond acceptors (Lipinski definition) is 4. The number of ketones is 1. The van der Waals surface area contributed by atoms with Crippen molar-refractivity contribution in [3.63, 3.8) is 0 Å². The van der Waals surface area contributed by atoms with Crippen LogP contribution in [0.1, 0.15) is 42.9 Å². The second kappa shape index (κ2) is 8.76. The van der Waals surface area contributed by atoms with Gasteiger partial charge < -0.3 is 9.88 Å². The maximum atomic E-state index is 13.0. The van der Waals surface area contributed by atoms with E-state index in [4.69, 9.17) is 0 Å². The predicted octanol–water partition coefficient (Wildman–Crippen LogP) is 5.92. The molecule has 1 aliphatic heterocycles. The number of halogens is 1. The number of fused-ring (bicyclic) bond motifs is 1. The van der Waals surface area contributed by atoms with Crippen LogP contribution in [0.25, 0.3) is 0 Å². The Kier molecular flexibility index (Phi) is 5.68. The standard InChI is InChI=1S/C25H18BrN3O2S/c26-20-8-6-16(7-9-20)23(30)17-3-1-4-18(13-17)24(31)28-21-10-12-29-22(21)15-32-25(29)19-5-2-11-27-14-19/h1-14,25H,15H2,(H,28,31). The molecule has 1 aliphatic rings. The van der Waals surface area contributed by atoms with Gasteiger partial charge in [-0.05, 0) is 48.5 Å². The molecule has 5 nitrogen and oxygen atoms in total. The first-order valence-corrected chi connectivity index (χ1v) is 11.9. The number of nitrogens with one attached hydrogen (secondary N) is 1. The molecule has 2 aromatic carbocycles. The second-order valence-corrected chi connectivity index (χ2v) is 9.39. The summed E-state index contributed by atoms with van der Waals surface area (Å²) >= 11 is 5.17. The predicted molar refractivity (Wildman–Crippen MR) is 130 cm³/mol. The van der Waals surface area contributed by atoms with E-state index in [2.05, 4.69) is 36.9 Å². The van der Waals surface area contributed by atoms with Crippen LogP contribution in [0.3, 0.4) is 0 Å². The lowest BCUT2D eigenvalue weighted by Crippen LogP contribution is -2.14. The van der Waals surface area contributed by atoms with Crippen LogP contribution in [0.15, 0.2) is 89.8 Å². The van der Waals surface area contributed by atoms with Crippen molar-refractivity contribution in [3.05, 3.63) is 118 Å². The summed E-state index contributed by atoms with van der Waals surface area (Å²) in [4.78, 5) is 30.0. The van der Waals surface area contributed by atoms with Gasteiger partial charge in [-0.3, -0.25) is 14.6 Å². The lowest BCUT2D eigenvalue weighted by molar-refractivity contribution is 0.102. The summed E-state index contributed by atoms with van der Waals surface area (Å²) in [6.07, 6.45) is 5.63. The van der Waals surface area contributed by atoms with E-state index >= 15 is 0 Å². The SMILES string of the molecule is O=C(Nc1ccn2c1CSC2c1cccnc1)c1cccc(C(=O)c2ccc(Br)cc2)c1. The second-order valence-electron chi connectivity index (χ2n) is 7.40. The fraction of sp³-hybridized carbons (Fsp3) is 0.0800. The van der Waals surface area contributed by atoms with E-state index in [0.29, 0.717) is 16.7 Å². The number of rotatable bonds is 5. The number of hydrogen-bond donors (Lipinski definition) is 1. The highest BCUT2D eigenvalue weighted by atomic mass is 79.9. The Morgan fingerprint density at radius 2 is 1.81 bits per heavy atom. The van der Waals surface area contributed by atoms with Crippen LogP contribution in [-0.4, -0.2) is 21.2 Å². The van der Waals surface area contributed by atoms with Crippen LogP contribution in [-0.2, 0) is 5.75 Å². The zero-order valence-electron chi connectivity index (χ0n) is 16.9. The average molecular weight is 504 g/mol. The maximum absolute atomic E-state index is 13.0. The summed E-state index contributed by atoms with van der Waals surface area (Å²) < 4.78 is 3.08. The van der Waals surface area contributed by atoms with Gasteiger partial charge in [-0.2, -0.15) is 0 Å². The van der Waals surface area contributed by atoms with E-state index in [1.54, 1.807) is 54.4 Å². The van der Waals surface area contributed by atoms with Crippen LogP contribution < -0.4 is 5.32 Å². The lowest BCUT2D eigenvalue weighted by atomic mass is 10.0. The molecule has 3 heterocycles. The third-order valence-electron chi connectivity index (χ3n) is 5.37. The van der Waals surface area contributed by atoms with Crippen molar-refractivity contribution < 1.29 is 9.59 Å². The normalized spacial score (nSPS) is 14.7. The number of nitrogens with zero attached hydrogens (tertiary/aromatic N) is 2. The first-order valence-electron chi connectivity index (χ1n) is 10.0. The number of carbonyl (C=O) groups excluding carboxylic acids is 2. The monoisotopic (exact) mass is 503 g/mol. The van der Waals surface area contributed by atoms with Crippen LogP contribution in [0.4, 0.5) is 5.69 Å². The Labute approximate surface area is 198 Å². The topological polar surface area (TPSA) is 64.0 Å². The Hall–Kier alpha value is -3.16. The molecule has 0 saturated heterocycles. The van der Waals surface area contributed by atoms with Crippen LogP contribution >= 0.6 is 27.7 Å². The molecule has 0 bridgehead atoms. The number of aromatic nitrogens is 2. The highest BCUT2D eigenvalue weighted by Crippen LogP contribution is 2.43. The smallest absolute Gasteiger partial charge is 0.255 e. The van der Waals surface area contributed by atoms with E-state index < -0.39 is 0 Å². The van der Waals surface area contributed by atoms with E-state index in [1.807, 2.05) is 36.7 Å². The van der Waals surface area contributed by atoms with Crippen LogP contribution in [0, 0.1) is 0 Å². The molecule has 32 heavy (non-hydrogen) atoms. The van der Waals surface area contributed by atoms with E-state index in [1.165, 1.54) is 0 Å². The summed E-state index contributed by atoms with van der Waals surface area (Å²) in [6.45, 7) is 0. The molecule has 0 fully saturated rings. The molecule has 1 atom stereocenters. The van der Waals surface area contributed by atoms with E-state index in [0.717, 1.165) is 27.2 Å². The van der Waals surface area contributed by atoms with Gasteiger partial charge in [0.15, 0.2) is 5.78 Å². The van der Waals surface area contributed by atoms with Crippen molar-refractivity contribution in [3.8, 4) is 0 Å². The molecule has 1 N–H and O–H groups in total. The number of benzene rings is 2. The van der Waals surface area contributed by atoms with Crippen molar-refractivity contribution in [2.24, 2.45) is 0 Å². The van der Waals surface area contributed by atoms with Crippen molar-refractivity contribution >= 4 is 45.1 Å². The van der Waals surface area contributed by atoms with Gasteiger partial charge in [-0.15, -0.1) is 11.8 Å². The number of pyridine rings is 1. The number of carbonyl (C=O) groups is 2. The van der Waals surface area contributed by atoms with Gasteiger partial charge in [0.25, 0.3) is 5.91 Å². The highest BCUT2D eigenvalue weighted by Gasteiger charge is 2.27. The maximum Gasteiger partial charge on any atom is 0.255 e. The van der Waals surface area contributed by atoms with Crippen LogP contribution in [0.2, 0.25) is 0 Å². The summed E-state index contributed by atoms with van der Waals surface area (Å²) in [7, 11) is 0. The van der Waals surface area contributed by atoms with Gasteiger partial charge in [0.05, 0.1) is 11.4 Å². The average Bonchev–Trinajstić information content (AvgIpc) is 3.43. The fourth-order valence-corrected chi connectivity index (χ4v) is 5.32. The highest BCUT2D eigenvalue weighted by molar-refractivity contribution is 9.10. The zero-order chi connectivity index (χ0) is 22.1. The molecule has 1 unspecified atom stereocenters. The molecular formula is C25H18BrN3O2S. The molecule has 1 amide bonds. The fourth-order valence-electron chi connectivity index (χ4n) is 3.75. The van der Waals surface area contributed by atoms with Crippen molar-refractivity contribution in [2.45, 2.75) is 11.1 Å². The summed E-state index contributed by atoms with van der Waals surface area (Å²) in [5.41, 5.74) is 4.49. The van der Waals surface area contributed by atoms with E-state index in [-0.39, 0.29) is 17.1 Å². The van der Waals surface area contributed by atoms with Gasteiger partial charge in [-0.25, -0.2) is 0 Å². The molecule has 0 saturated carbocycles. The molecule has 0 aliphatic carbocycles. The Morgan fingerprint density at radius 1 is 1.00 bits per heavy atom. The molecule has 7 heteroatoms. The molecule has 5 rings (SSSR count). The van der Waals surface area contributed by atoms with Crippen molar-refractivity contribution in [1.82, 2.24) is 9.55 Å². The third-order valence-corrected chi connectivity index (χ3v) is 7.15. The summed E-state index contributed by atoms with van der Waals surface area (Å²) in [6, 6.07) is 19.9. The quantitative estimate of drug-likeness (QED) is 0.343. The van der Waals surface area contributed by atoms with Crippen molar-refractivity contribution in [2.75, 3.05) is 5.32 Å². The zero-order valence-corrected chi connectivity index (χ0v) is 19.3. The molecule has 158 valence electrons. The Bertz CT molecular complexity index is 1300. The van der Waals surface area contributed by atoms with Crippen LogP contribution in [0.5, 0.6) is 0 Å². The first kappa shape index (κ1) is 20.7. The minimum atomic E-state index is -0.237. The van der Waals surface area contributed by atoms with Gasteiger partial charge in [0, 0.05) is 51.1 Å². The summed E-state index contributed by atoms with van der Waals surface area (Å²) in [5, 5.41) is 3.17. The first-order chi connectivity index (χ1) is 15.6. The molecule has 4 aromatic rings. The Morgan fingerprint density at radius 3 is 2.59 bits per heavy atom. The Balaban J connectivity index is 1.35. The minimum absolute atomic E-state index is 0.118. The molecule has 0 spiro atoms. The minimum Gasteiger partial charge on any atom is -0.332 e. The van der Waals surface area contributed by atoms with E-state index in [9.17, 15) is 9.59 Å². The number of thioether (sulfide) groups is 1. The number of amides is 1. The van der Waals surface area contributed by atoms with Gasteiger partial charge >= 0.3 is 0 Å². The van der Waals surface area contributed by atoms with Gasteiger partial charge in [0.1, 0.15) is 5.37 Å². The molecule has 2 aromatic heterocycles. The van der Waals surface area contributed by atoms with Gasteiger partial charge in [0.2, 0.25) is 0 Å². The summed E-state index contributed by atoms with van der Waals surface area (Å²) in [5.74, 6) is 0.441. The molecular weight excluding hydrogens is 486 g/mol. The van der Waals surface area contributed by atoms with Gasteiger partial charge in [-0.1, -0.05) is 34.1 Å². The van der Waals surface area contributed by atoms with Crippen molar-refractivity contribution in [1.29, 1.82) is 0 Å². The lowest BCUT2D eigenvalue weighted by Gasteiger charge is -2.12. The largest absolute Gasteiger partial charge is 0.332 e. The third kappa shape index (κ3) is 4.01.